The number of piperazine rings is 1. The molecule has 1 fully saturated rings. The molecule has 1 aliphatic heterocycles. The van der Waals surface area contributed by atoms with Crippen LogP contribution in [0.1, 0.15) is 11.4 Å². The van der Waals surface area contributed by atoms with E-state index in [-0.39, 0.29) is 18.1 Å². The van der Waals surface area contributed by atoms with Crippen molar-refractivity contribution in [3.8, 4) is 22.8 Å². The van der Waals surface area contributed by atoms with Gasteiger partial charge in [0.15, 0.2) is 0 Å². The molecule has 1 saturated heterocycles. The number of para-hydroxylation sites is 1. The second kappa shape index (κ2) is 10.2. The summed E-state index contributed by atoms with van der Waals surface area (Å²) in [7, 11) is 1.57. The molecule has 0 unspecified atom stereocenters. The molecule has 3 heterocycles. The number of hydrogen-bond donors (Lipinski definition) is 0. The van der Waals surface area contributed by atoms with E-state index in [1.54, 1.807) is 32.2 Å². The maximum absolute atomic E-state index is 13.8. The van der Waals surface area contributed by atoms with Crippen LogP contribution in [0.4, 0.5) is 10.2 Å². The zero-order valence-corrected chi connectivity index (χ0v) is 20.3. The summed E-state index contributed by atoms with van der Waals surface area (Å²) in [5.74, 6) is 1.70. The molecule has 5 rings (SSSR count). The zero-order chi connectivity index (χ0) is 25.1. The number of anilines is 1. The number of aromatic nitrogens is 4. The molecule has 0 N–H and O–H groups in total. The number of methoxy groups -OCH3 is 1. The SMILES string of the molecule is COc1cc(N2CCN(C(=O)Cc3nc(-c4ccc(F)c(C)c4)cn3-c3ccccc3)CC2)ncn1. The Bertz CT molecular complexity index is 1370. The van der Waals surface area contributed by atoms with Gasteiger partial charge in [-0.15, -0.1) is 0 Å². The highest BCUT2D eigenvalue weighted by Crippen LogP contribution is 2.25. The van der Waals surface area contributed by atoms with E-state index in [4.69, 9.17) is 9.72 Å². The topological polar surface area (TPSA) is 76.4 Å². The van der Waals surface area contributed by atoms with Crippen LogP contribution in [0.5, 0.6) is 5.88 Å². The molecule has 8 nitrogen and oxygen atoms in total. The van der Waals surface area contributed by atoms with Crippen LogP contribution in [-0.2, 0) is 11.2 Å². The van der Waals surface area contributed by atoms with Crippen molar-refractivity contribution in [2.75, 3.05) is 38.2 Å². The van der Waals surface area contributed by atoms with Gasteiger partial charge in [0.05, 0.1) is 19.2 Å². The van der Waals surface area contributed by atoms with Gasteiger partial charge in [-0.2, -0.15) is 0 Å². The third-order valence-electron chi connectivity index (χ3n) is 6.37. The Hall–Kier alpha value is -4.27. The van der Waals surface area contributed by atoms with Gasteiger partial charge in [0.25, 0.3) is 0 Å². The maximum atomic E-state index is 13.8. The summed E-state index contributed by atoms with van der Waals surface area (Å²) < 4.78 is 21.0. The fraction of sp³-hybridized carbons (Fsp3) is 0.259. The molecule has 2 aromatic carbocycles. The van der Waals surface area contributed by atoms with E-state index in [1.807, 2.05) is 46.0 Å². The lowest BCUT2D eigenvalue weighted by Crippen LogP contribution is -2.49. The quantitative estimate of drug-likeness (QED) is 0.414. The van der Waals surface area contributed by atoms with Crippen LogP contribution in [-0.4, -0.2) is 63.6 Å². The molecule has 1 amide bonds. The normalized spacial score (nSPS) is 13.6. The molecule has 1 aliphatic rings. The smallest absolute Gasteiger partial charge is 0.230 e. The van der Waals surface area contributed by atoms with E-state index in [2.05, 4.69) is 14.9 Å². The molecule has 9 heteroatoms. The Morgan fingerprint density at radius 2 is 1.81 bits per heavy atom. The van der Waals surface area contributed by atoms with Gasteiger partial charge in [0.1, 0.15) is 23.8 Å². The molecular weight excluding hydrogens is 459 g/mol. The van der Waals surface area contributed by atoms with Gasteiger partial charge in [-0.3, -0.25) is 4.79 Å². The second-order valence-corrected chi connectivity index (χ2v) is 8.68. The molecular formula is C27H27FN6O2. The van der Waals surface area contributed by atoms with Crippen LogP contribution in [0.2, 0.25) is 0 Å². The highest BCUT2D eigenvalue weighted by atomic mass is 19.1. The predicted octanol–water partition coefficient (Wildman–Crippen LogP) is 3.68. The van der Waals surface area contributed by atoms with E-state index in [1.165, 1.54) is 12.4 Å². The van der Waals surface area contributed by atoms with Gasteiger partial charge in [-0.1, -0.05) is 18.2 Å². The maximum Gasteiger partial charge on any atom is 0.230 e. The molecule has 2 aromatic heterocycles. The molecule has 36 heavy (non-hydrogen) atoms. The van der Waals surface area contributed by atoms with Crippen LogP contribution < -0.4 is 9.64 Å². The number of carbonyl (C=O) groups excluding carboxylic acids is 1. The minimum atomic E-state index is -0.254. The number of imidazole rings is 1. The number of aryl methyl sites for hydroxylation is 1. The van der Waals surface area contributed by atoms with Crippen molar-refractivity contribution in [3.05, 3.63) is 84.3 Å². The monoisotopic (exact) mass is 486 g/mol. The second-order valence-electron chi connectivity index (χ2n) is 8.68. The van der Waals surface area contributed by atoms with Crippen molar-refractivity contribution < 1.29 is 13.9 Å². The molecule has 0 atom stereocenters. The van der Waals surface area contributed by atoms with Gasteiger partial charge >= 0.3 is 0 Å². The van der Waals surface area contributed by atoms with E-state index in [0.717, 1.165) is 17.1 Å². The number of carbonyl (C=O) groups is 1. The first-order valence-corrected chi connectivity index (χ1v) is 11.8. The highest BCUT2D eigenvalue weighted by molar-refractivity contribution is 5.79. The van der Waals surface area contributed by atoms with Crippen LogP contribution in [0.15, 0.2) is 67.1 Å². The molecule has 0 spiro atoms. The van der Waals surface area contributed by atoms with Crippen molar-refractivity contribution in [1.29, 1.82) is 0 Å². The number of rotatable bonds is 6. The Kier molecular flexibility index (Phi) is 6.62. The lowest BCUT2D eigenvalue weighted by molar-refractivity contribution is -0.130. The molecule has 184 valence electrons. The van der Waals surface area contributed by atoms with Gasteiger partial charge in [0, 0.05) is 49.7 Å². The molecule has 4 aromatic rings. The minimum absolute atomic E-state index is 0.0135. The van der Waals surface area contributed by atoms with Crippen LogP contribution in [0.25, 0.3) is 16.9 Å². The first kappa shape index (κ1) is 23.5. The highest BCUT2D eigenvalue weighted by Gasteiger charge is 2.24. The number of amides is 1. The van der Waals surface area contributed by atoms with Crippen LogP contribution in [0.3, 0.4) is 0 Å². The number of halogens is 1. The third kappa shape index (κ3) is 4.91. The van der Waals surface area contributed by atoms with E-state index < -0.39 is 0 Å². The number of benzene rings is 2. The van der Waals surface area contributed by atoms with Crippen LogP contribution >= 0.6 is 0 Å². The standard InChI is InChI=1S/C27H27FN6O2/c1-19-14-20(8-9-22(19)28)23-17-34(21-6-4-3-5-7-21)25(31-23)16-27(35)33-12-10-32(11-13-33)24-15-26(36-2)30-18-29-24/h3-9,14-15,17-18H,10-13,16H2,1-2H3. The van der Waals surface area contributed by atoms with Crippen molar-refractivity contribution in [2.24, 2.45) is 0 Å². The predicted molar refractivity (Wildman–Crippen MR) is 135 cm³/mol. The lowest BCUT2D eigenvalue weighted by atomic mass is 10.1. The zero-order valence-electron chi connectivity index (χ0n) is 20.3. The fourth-order valence-electron chi connectivity index (χ4n) is 4.35. The summed E-state index contributed by atoms with van der Waals surface area (Å²) in [6.45, 7) is 4.23. The largest absolute Gasteiger partial charge is 0.481 e. The first-order valence-electron chi connectivity index (χ1n) is 11.8. The van der Waals surface area contributed by atoms with Crippen molar-refractivity contribution >= 4 is 11.7 Å². The van der Waals surface area contributed by atoms with E-state index in [0.29, 0.717) is 49.1 Å². The molecule has 0 saturated carbocycles. The summed E-state index contributed by atoms with van der Waals surface area (Å²) in [5.41, 5.74) is 2.98. The molecule has 0 radical (unpaired) electrons. The van der Waals surface area contributed by atoms with E-state index >= 15 is 0 Å². The Morgan fingerprint density at radius 1 is 1.03 bits per heavy atom. The van der Waals surface area contributed by atoms with Gasteiger partial charge < -0.3 is 19.1 Å². The molecule has 0 aliphatic carbocycles. The number of nitrogens with zero attached hydrogens (tertiary/aromatic N) is 6. The van der Waals surface area contributed by atoms with Gasteiger partial charge in [0.2, 0.25) is 11.8 Å². The average Bonchev–Trinajstić information content (AvgIpc) is 3.34. The molecule has 0 bridgehead atoms. The van der Waals surface area contributed by atoms with Crippen molar-refractivity contribution in [2.45, 2.75) is 13.3 Å². The average molecular weight is 487 g/mol. The Balaban J connectivity index is 1.34. The van der Waals surface area contributed by atoms with E-state index in [9.17, 15) is 9.18 Å². The minimum Gasteiger partial charge on any atom is -0.481 e. The lowest BCUT2D eigenvalue weighted by Gasteiger charge is -2.35. The van der Waals surface area contributed by atoms with Crippen molar-refractivity contribution in [3.63, 3.8) is 0 Å². The first-order chi connectivity index (χ1) is 17.5. The van der Waals surface area contributed by atoms with Gasteiger partial charge in [-0.25, -0.2) is 19.3 Å². The van der Waals surface area contributed by atoms with Crippen LogP contribution in [0, 0.1) is 12.7 Å². The Morgan fingerprint density at radius 3 is 2.53 bits per heavy atom. The summed E-state index contributed by atoms with van der Waals surface area (Å²) in [6.07, 6.45) is 3.55. The number of hydrogen-bond acceptors (Lipinski definition) is 6. The number of ether oxygens (including phenoxy) is 1. The Labute approximate surface area is 209 Å². The van der Waals surface area contributed by atoms with Crippen molar-refractivity contribution in [1.82, 2.24) is 24.4 Å². The van der Waals surface area contributed by atoms with Gasteiger partial charge in [-0.05, 0) is 42.8 Å². The summed E-state index contributed by atoms with van der Waals surface area (Å²) in [4.78, 5) is 30.5. The summed E-state index contributed by atoms with van der Waals surface area (Å²) >= 11 is 0. The third-order valence-corrected chi connectivity index (χ3v) is 6.37. The fourth-order valence-corrected chi connectivity index (χ4v) is 4.35. The summed E-state index contributed by atoms with van der Waals surface area (Å²) in [6, 6.07) is 16.5. The summed E-state index contributed by atoms with van der Waals surface area (Å²) in [5, 5.41) is 0.